The van der Waals surface area contributed by atoms with Crippen LogP contribution < -0.4 is 0 Å². The first kappa shape index (κ1) is 24.7. The molecular formula is C42H28N2. The van der Waals surface area contributed by atoms with Crippen molar-refractivity contribution in [3.8, 4) is 33.6 Å². The van der Waals surface area contributed by atoms with Gasteiger partial charge >= 0.3 is 0 Å². The molecule has 7 aromatic carbocycles. The Hall–Kier alpha value is -5.86. The Morgan fingerprint density at radius 3 is 1.34 bits per heavy atom. The van der Waals surface area contributed by atoms with E-state index in [0.29, 0.717) is 0 Å². The average Bonchev–Trinajstić information content (AvgIpc) is 3.61. The van der Waals surface area contributed by atoms with Gasteiger partial charge in [0.1, 0.15) is 0 Å². The van der Waals surface area contributed by atoms with E-state index in [-0.39, 0.29) is 0 Å². The number of fused-ring (bicyclic) bond motifs is 6. The average molecular weight is 561 g/mol. The molecule has 2 heteroatoms. The molecule has 0 N–H and O–H groups in total. The number of aromatic nitrogens is 2. The number of nitrogens with zero attached hydrogens (tertiary/aromatic N) is 2. The number of hydrogen-bond donors (Lipinski definition) is 0. The molecule has 0 fully saturated rings. The van der Waals surface area contributed by atoms with Crippen molar-refractivity contribution in [2.45, 2.75) is 0 Å². The minimum absolute atomic E-state index is 1.17. The first-order valence-electron chi connectivity index (χ1n) is 15.1. The maximum Gasteiger partial charge on any atom is 0.0547 e. The molecule has 9 rings (SSSR count). The van der Waals surface area contributed by atoms with Crippen LogP contribution >= 0.6 is 0 Å². The Balaban J connectivity index is 1.39. The first-order valence-corrected chi connectivity index (χ1v) is 15.1. The van der Waals surface area contributed by atoms with E-state index in [1.54, 1.807) is 0 Å². The van der Waals surface area contributed by atoms with Crippen molar-refractivity contribution >= 4 is 43.6 Å². The van der Waals surface area contributed by atoms with E-state index in [9.17, 15) is 0 Å². The smallest absolute Gasteiger partial charge is 0.0547 e. The summed E-state index contributed by atoms with van der Waals surface area (Å²) in [6.45, 7) is 0. The minimum atomic E-state index is 1.17. The van der Waals surface area contributed by atoms with Crippen molar-refractivity contribution in [3.05, 3.63) is 170 Å². The van der Waals surface area contributed by atoms with Gasteiger partial charge in [-0.2, -0.15) is 0 Å². The largest absolute Gasteiger partial charge is 0.309 e. The van der Waals surface area contributed by atoms with Crippen molar-refractivity contribution in [2.75, 3.05) is 0 Å². The van der Waals surface area contributed by atoms with Gasteiger partial charge in [0.2, 0.25) is 0 Å². The Morgan fingerprint density at radius 2 is 0.727 bits per heavy atom. The van der Waals surface area contributed by atoms with E-state index >= 15 is 0 Å². The van der Waals surface area contributed by atoms with E-state index < -0.39 is 0 Å². The molecule has 9 aromatic rings. The number of hydrogen-bond acceptors (Lipinski definition) is 0. The highest BCUT2D eigenvalue weighted by Crippen LogP contribution is 2.42. The quantitative estimate of drug-likeness (QED) is 0.203. The Labute approximate surface area is 255 Å². The summed E-state index contributed by atoms with van der Waals surface area (Å²) in [6.07, 6.45) is 0. The second-order valence-corrected chi connectivity index (χ2v) is 11.4. The van der Waals surface area contributed by atoms with Gasteiger partial charge in [0.25, 0.3) is 0 Å². The highest BCUT2D eigenvalue weighted by molar-refractivity contribution is 6.14. The molecular weight excluding hydrogens is 532 g/mol. The van der Waals surface area contributed by atoms with Crippen LogP contribution in [0, 0.1) is 0 Å². The molecule has 0 radical (unpaired) electrons. The lowest BCUT2D eigenvalue weighted by atomic mass is 9.92. The monoisotopic (exact) mass is 560 g/mol. The summed E-state index contributed by atoms with van der Waals surface area (Å²) in [5.74, 6) is 0. The topological polar surface area (TPSA) is 9.86 Å². The summed E-state index contributed by atoms with van der Waals surface area (Å²) in [6, 6.07) is 61.5. The third-order valence-electron chi connectivity index (χ3n) is 8.91. The molecule has 2 heterocycles. The van der Waals surface area contributed by atoms with Gasteiger partial charge in [0.15, 0.2) is 0 Å². The maximum absolute atomic E-state index is 2.41. The van der Waals surface area contributed by atoms with E-state index in [4.69, 9.17) is 0 Å². The fourth-order valence-corrected chi connectivity index (χ4v) is 6.96. The second-order valence-electron chi connectivity index (χ2n) is 11.4. The summed E-state index contributed by atoms with van der Waals surface area (Å²) in [5.41, 5.74) is 12.0. The van der Waals surface area contributed by atoms with Crippen molar-refractivity contribution in [3.63, 3.8) is 0 Å². The van der Waals surface area contributed by atoms with Crippen LogP contribution in [0.15, 0.2) is 170 Å². The third-order valence-corrected chi connectivity index (χ3v) is 8.91. The molecule has 0 aliphatic heterocycles. The lowest BCUT2D eigenvalue weighted by Gasteiger charge is -2.14. The molecule has 2 aromatic heterocycles. The Morgan fingerprint density at radius 1 is 0.273 bits per heavy atom. The maximum atomic E-state index is 2.41. The van der Waals surface area contributed by atoms with Crippen LogP contribution in [0.5, 0.6) is 0 Å². The van der Waals surface area contributed by atoms with Crippen LogP contribution in [-0.4, -0.2) is 9.13 Å². The summed E-state index contributed by atoms with van der Waals surface area (Å²) < 4.78 is 4.80. The molecule has 0 saturated carbocycles. The third kappa shape index (κ3) is 3.75. The standard InChI is InChI=1S/C42H28N2/c1-4-14-29(15-5-1)37-28-42-38(34-21-11-13-23-40(34)44(42)32-18-8-3-9-19-32)27-36(37)30-24-25-35-33-20-10-12-22-39(33)43(41(35)26-30)31-16-6-2-7-17-31/h1-28H. The van der Waals surface area contributed by atoms with Crippen molar-refractivity contribution in [1.29, 1.82) is 0 Å². The van der Waals surface area contributed by atoms with Crippen LogP contribution in [0.3, 0.4) is 0 Å². The number of benzene rings is 7. The Kier molecular flexibility index (Phi) is 5.54. The molecule has 0 amide bonds. The normalized spacial score (nSPS) is 11.6. The van der Waals surface area contributed by atoms with Crippen LogP contribution in [0.25, 0.3) is 77.2 Å². The highest BCUT2D eigenvalue weighted by atomic mass is 15.0. The molecule has 0 aliphatic rings. The van der Waals surface area contributed by atoms with Gasteiger partial charge in [0, 0.05) is 32.9 Å². The predicted octanol–water partition coefficient (Wildman–Crippen LogP) is 11.2. The van der Waals surface area contributed by atoms with Gasteiger partial charge in [-0.25, -0.2) is 0 Å². The summed E-state index contributed by atoms with van der Waals surface area (Å²) >= 11 is 0. The molecule has 44 heavy (non-hydrogen) atoms. The van der Waals surface area contributed by atoms with Gasteiger partial charge in [-0.3, -0.25) is 0 Å². The number of rotatable bonds is 4. The molecule has 206 valence electrons. The van der Waals surface area contributed by atoms with Gasteiger partial charge < -0.3 is 9.13 Å². The Bertz CT molecular complexity index is 2470. The number of para-hydroxylation sites is 4. The fraction of sp³-hybridized carbons (Fsp3) is 0. The fourth-order valence-electron chi connectivity index (χ4n) is 6.96. The molecule has 0 bridgehead atoms. The van der Waals surface area contributed by atoms with Crippen molar-refractivity contribution < 1.29 is 0 Å². The molecule has 0 atom stereocenters. The summed E-state index contributed by atoms with van der Waals surface area (Å²) in [5, 5.41) is 5.04. The minimum Gasteiger partial charge on any atom is -0.309 e. The van der Waals surface area contributed by atoms with Crippen LogP contribution in [0.2, 0.25) is 0 Å². The lowest BCUT2D eigenvalue weighted by Crippen LogP contribution is -1.95. The first-order chi connectivity index (χ1) is 21.8. The zero-order valence-electron chi connectivity index (χ0n) is 24.1. The second kappa shape index (κ2) is 9.86. The highest BCUT2D eigenvalue weighted by Gasteiger charge is 2.19. The van der Waals surface area contributed by atoms with E-state index in [2.05, 4.69) is 179 Å². The van der Waals surface area contributed by atoms with Crippen LogP contribution in [0.1, 0.15) is 0 Å². The van der Waals surface area contributed by atoms with Gasteiger partial charge in [-0.15, -0.1) is 0 Å². The van der Waals surface area contributed by atoms with Gasteiger partial charge in [-0.1, -0.05) is 115 Å². The molecule has 0 saturated heterocycles. The molecule has 0 spiro atoms. The van der Waals surface area contributed by atoms with Crippen molar-refractivity contribution in [2.24, 2.45) is 0 Å². The van der Waals surface area contributed by atoms with Crippen LogP contribution in [-0.2, 0) is 0 Å². The van der Waals surface area contributed by atoms with E-state index in [0.717, 1.165) is 0 Å². The summed E-state index contributed by atoms with van der Waals surface area (Å²) in [4.78, 5) is 0. The SMILES string of the molecule is c1ccc(-c2cc3c(cc2-c2ccc4c5ccccc5n(-c5ccccc5)c4c2)c2ccccc2n3-c2ccccc2)cc1. The van der Waals surface area contributed by atoms with Gasteiger partial charge in [0.05, 0.1) is 22.1 Å². The molecule has 2 nitrogen and oxygen atoms in total. The van der Waals surface area contributed by atoms with Crippen molar-refractivity contribution in [1.82, 2.24) is 9.13 Å². The molecule has 0 aliphatic carbocycles. The molecule has 0 unspecified atom stereocenters. The van der Waals surface area contributed by atoms with Crippen LogP contribution in [0.4, 0.5) is 0 Å². The lowest BCUT2D eigenvalue weighted by molar-refractivity contribution is 1.18. The zero-order valence-corrected chi connectivity index (χ0v) is 24.1. The predicted molar refractivity (Wildman–Crippen MR) is 186 cm³/mol. The van der Waals surface area contributed by atoms with E-state index in [1.165, 1.54) is 77.2 Å². The zero-order chi connectivity index (χ0) is 29.0. The van der Waals surface area contributed by atoms with E-state index in [1.807, 2.05) is 0 Å². The van der Waals surface area contributed by atoms with Gasteiger partial charge in [-0.05, 0) is 76.9 Å². The summed E-state index contributed by atoms with van der Waals surface area (Å²) in [7, 11) is 0.